The van der Waals surface area contributed by atoms with Crippen LogP contribution in [0.2, 0.25) is 0 Å². The Bertz CT molecular complexity index is 253. The van der Waals surface area contributed by atoms with Gasteiger partial charge in [0.25, 0.3) is 0 Å². The Hall–Kier alpha value is -1.03. The molecule has 0 bridgehead atoms. The molecule has 0 atom stereocenters. The lowest BCUT2D eigenvalue weighted by molar-refractivity contribution is -0.112. The second-order valence-electron chi connectivity index (χ2n) is 3.94. The highest BCUT2D eigenvalue weighted by molar-refractivity contribution is 5.88. The molecule has 12 heavy (non-hydrogen) atoms. The second-order valence-corrected chi connectivity index (χ2v) is 3.94. The zero-order valence-electron chi connectivity index (χ0n) is 8.49. The Morgan fingerprint density at radius 3 is 2.08 bits per heavy atom. The Labute approximate surface area is 74.9 Å². The number of carbonyl (C=O) groups excluding carboxylic acids is 1. The van der Waals surface area contributed by atoms with Crippen molar-refractivity contribution in [2.45, 2.75) is 34.6 Å². The number of rotatable bonds is 1. The summed E-state index contributed by atoms with van der Waals surface area (Å²) in [5, 5.41) is 0. The van der Waals surface area contributed by atoms with Crippen molar-refractivity contribution < 1.29 is 4.79 Å². The van der Waals surface area contributed by atoms with Gasteiger partial charge in [0, 0.05) is 11.0 Å². The third-order valence-corrected chi connectivity index (χ3v) is 1.05. The molecule has 0 unspecified atom stereocenters. The summed E-state index contributed by atoms with van der Waals surface area (Å²) in [4.78, 5) is 10.6. The first-order valence-electron chi connectivity index (χ1n) is 4.03. The summed E-state index contributed by atoms with van der Waals surface area (Å²) in [6, 6.07) is 0. The number of ketones is 1. The molecule has 0 aliphatic carbocycles. The zero-order chi connectivity index (χ0) is 9.78. The molecular formula is C11H16O. The van der Waals surface area contributed by atoms with E-state index in [1.54, 1.807) is 6.08 Å². The van der Waals surface area contributed by atoms with Crippen LogP contribution in [0.15, 0.2) is 11.6 Å². The summed E-state index contributed by atoms with van der Waals surface area (Å²) >= 11 is 0. The maximum atomic E-state index is 10.6. The van der Waals surface area contributed by atoms with Crippen molar-refractivity contribution >= 4 is 5.78 Å². The van der Waals surface area contributed by atoms with Crippen LogP contribution in [-0.2, 0) is 4.79 Å². The molecule has 1 heteroatoms. The minimum atomic E-state index is 0.00584. The Balaban J connectivity index is 4.43. The molecule has 0 radical (unpaired) electrons. The summed E-state index contributed by atoms with van der Waals surface area (Å²) in [7, 11) is 0. The van der Waals surface area contributed by atoms with Crippen LogP contribution in [0.4, 0.5) is 0 Å². The van der Waals surface area contributed by atoms with Crippen LogP contribution in [0.25, 0.3) is 0 Å². The van der Waals surface area contributed by atoms with Crippen LogP contribution < -0.4 is 0 Å². The smallest absolute Gasteiger partial charge is 0.153 e. The highest BCUT2D eigenvalue weighted by atomic mass is 16.1. The van der Waals surface area contributed by atoms with Crippen molar-refractivity contribution in [1.29, 1.82) is 0 Å². The molecule has 0 aromatic carbocycles. The van der Waals surface area contributed by atoms with Gasteiger partial charge in [-0.1, -0.05) is 11.8 Å². The van der Waals surface area contributed by atoms with Crippen molar-refractivity contribution in [3.63, 3.8) is 0 Å². The Morgan fingerprint density at radius 1 is 1.25 bits per heavy atom. The molecule has 0 heterocycles. The van der Waals surface area contributed by atoms with Gasteiger partial charge in [0.2, 0.25) is 0 Å². The van der Waals surface area contributed by atoms with Gasteiger partial charge < -0.3 is 0 Å². The van der Waals surface area contributed by atoms with Gasteiger partial charge >= 0.3 is 0 Å². The van der Waals surface area contributed by atoms with E-state index in [1.807, 2.05) is 27.7 Å². The molecule has 0 amide bonds. The van der Waals surface area contributed by atoms with Gasteiger partial charge in [0.1, 0.15) is 0 Å². The summed E-state index contributed by atoms with van der Waals surface area (Å²) in [6.45, 7) is 9.51. The number of carbonyl (C=O) groups is 1. The van der Waals surface area contributed by atoms with Gasteiger partial charge in [0.15, 0.2) is 5.78 Å². The monoisotopic (exact) mass is 164 g/mol. The van der Waals surface area contributed by atoms with Crippen LogP contribution in [0.1, 0.15) is 34.6 Å². The quantitative estimate of drug-likeness (QED) is 0.430. The molecule has 0 saturated carbocycles. The molecule has 66 valence electrons. The zero-order valence-corrected chi connectivity index (χ0v) is 8.49. The SMILES string of the molecule is CC(=O)/C=C(\C)C#CC(C)(C)C. The minimum absolute atomic E-state index is 0.00584. The van der Waals surface area contributed by atoms with E-state index in [-0.39, 0.29) is 11.2 Å². The molecule has 0 aromatic rings. The summed E-state index contributed by atoms with van der Waals surface area (Å²) in [5.74, 6) is 6.05. The number of allylic oxidation sites excluding steroid dienone is 2. The van der Waals surface area contributed by atoms with Gasteiger partial charge in [-0.3, -0.25) is 4.79 Å². The van der Waals surface area contributed by atoms with Gasteiger partial charge in [-0.25, -0.2) is 0 Å². The van der Waals surface area contributed by atoms with Gasteiger partial charge in [0.05, 0.1) is 0 Å². The first-order chi connectivity index (χ1) is 5.31. The molecule has 0 rings (SSSR count). The predicted octanol–water partition coefficient (Wildman–Crippen LogP) is 2.57. The predicted molar refractivity (Wildman–Crippen MR) is 51.7 cm³/mol. The van der Waals surface area contributed by atoms with E-state index in [0.29, 0.717) is 0 Å². The summed E-state index contributed by atoms with van der Waals surface area (Å²) < 4.78 is 0. The van der Waals surface area contributed by atoms with Gasteiger partial charge in [-0.2, -0.15) is 0 Å². The van der Waals surface area contributed by atoms with E-state index in [9.17, 15) is 4.79 Å². The molecular weight excluding hydrogens is 148 g/mol. The first-order valence-corrected chi connectivity index (χ1v) is 4.03. The maximum Gasteiger partial charge on any atom is 0.153 e. The molecule has 0 N–H and O–H groups in total. The van der Waals surface area contributed by atoms with Crippen LogP contribution in [0.3, 0.4) is 0 Å². The van der Waals surface area contributed by atoms with E-state index in [2.05, 4.69) is 11.8 Å². The van der Waals surface area contributed by atoms with Crippen molar-refractivity contribution in [3.8, 4) is 11.8 Å². The second kappa shape index (κ2) is 4.11. The normalized spacial score (nSPS) is 11.9. The van der Waals surface area contributed by atoms with Crippen LogP contribution >= 0.6 is 0 Å². The van der Waals surface area contributed by atoms with E-state index in [4.69, 9.17) is 0 Å². The lowest BCUT2D eigenvalue weighted by Gasteiger charge is -2.06. The molecule has 0 spiro atoms. The summed E-state index contributed by atoms with van der Waals surface area (Å²) in [5.41, 5.74) is 0.837. The van der Waals surface area contributed by atoms with Crippen LogP contribution in [-0.4, -0.2) is 5.78 Å². The average Bonchev–Trinajstić information content (AvgIpc) is 1.80. The Kier molecular flexibility index (Phi) is 3.76. The highest BCUT2D eigenvalue weighted by Crippen LogP contribution is 2.10. The van der Waals surface area contributed by atoms with Crippen molar-refractivity contribution in [1.82, 2.24) is 0 Å². The standard InChI is InChI=1S/C11H16O/c1-9(8-10(2)12)6-7-11(3,4)5/h8H,1-5H3/b9-8+. The minimum Gasteiger partial charge on any atom is -0.295 e. The fraction of sp³-hybridized carbons (Fsp3) is 0.545. The largest absolute Gasteiger partial charge is 0.295 e. The molecule has 0 saturated heterocycles. The summed E-state index contributed by atoms with van der Waals surface area (Å²) in [6.07, 6.45) is 1.55. The van der Waals surface area contributed by atoms with Crippen molar-refractivity contribution in [3.05, 3.63) is 11.6 Å². The van der Waals surface area contributed by atoms with Crippen molar-refractivity contribution in [2.24, 2.45) is 5.41 Å². The molecule has 0 aliphatic rings. The molecule has 0 aliphatic heterocycles. The third kappa shape index (κ3) is 7.08. The number of hydrogen-bond acceptors (Lipinski definition) is 1. The van der Waals surface area contributed by atoms with Crippen molar-refractivity contribution in [2.75, 3.05) is 0 Å². The van der Waals surface area contributed by atoms with Gasteiger partial charge in [-0.05, 0) is 40.7 Å². The lowest BCUT2D eigenvalue weighted by Crippen LogP contribution is -1.99. The fourth-order valence-corrected chi connectivity index (χ4v) is 0.627. The topological polar surface area (TPSA) is 17.1 Å². The average molecular weight is 164 g/mol. The molecule has 0 fully saturated rings. The highest BCUT2D eigenvalue weighted by Gasteiger charge is 2.02. The first kappa shape index (κ1) is 11.0. The van der Waals surface area contributed by atoms with Crippen LogP contribution in [0, 0.1) is 17.3 Å². The van der Waals surface area contributed by atoms with E-state index < -0.39 is 0 Å². The third-order valence-electron chi connectivity index (χ3n) is 1.05. The van der Waals surface area contributed by atoms with E-state index >= 15 is 0 Å². The fourth-order valence-electron chi connectivity index (χ4n) is 0.627. The van der Waals surface area contributed by atoms with E-state index in [1.165, 1.54) is 6.92 Å². The maximum absolute atomic E-state index is 10.6. The Morgan fingerprint density at radius 2 is 1.75 bits per heavy atom. The molecule has 0 aromatic heterocycles. The lowest BCUT2D eigenvalue weighted by atomic mass is 9.97. The van der Waals surface area contributed by atoms with Crippen LogP contribution in [0.5, 0.6) is 0 Å². The number of hydrogen-bond donors (Lipinski definition) is 0. The van der Waals surface area contributed by atoms with Gasteiger partial charge in [-0.15, -0.1) is 0 Å². The van der Waals surface area contributed by atoms with E-state index in [0.717, 1.165) is 5.57 Å². The molecule has 1 nitrogen and oxygen atoms in total.